The summed E-state index contributed by atoms with van der Waals surface area (Å²) >= 11 is 0. The highest BCUT2D eigenvalue weighted by atomic mass is 16.6. The molecule has 0 aromatic carbocycles. The molecule has 0 spiro atoms. The number of nitrogens with zero attached hydrogens (tertiary/aromatic N) is 1. The monoisotopic (exact) mass is 279 g/mol. The van der Waals surface area contributed by atoms with Crippen LogP contribution in [0.15, 0.2) is 12.3 Å². The largest absolute Gasteiger partial charge is 0.449 e. The molecule has 1 aliphatic heterocycles. The number of alkyl carbamates (subject to hydrolysis) is 1. The van der Waals surface area contributed by atoms with Gasteiger partial charge in [0.25, 0.3) is 0 Å². The summed E-state index contributed by atoms with van der Waals surface area (Å²) in [5, 5.41) is 2.75. The Labute approximate surface area is 118 Å². The number of carbonyl (C=O) groups is 1. The van der Waals surface area contributed by atoms with Gasteiger partial charge in [-0.1, -0.05) is 0 Å². The molecule has 0 fully saturated rings. The normalized spacial score (nSPS) is 18.2. The molecule has 0 radical (unpaired) electrons. The fraction of sp³-hybridized carbons (Fsp3) is 0.571. The summed E-state index contributed by atoms with van der Waals surface area (Å²) < 4.78 is 10.7. The van der Waals surface area contributed by atoms with Crippen molar-refractivity contribution in [3.05, 3.63) is 23.5 Å². The zero-order chi connectivity index (χ0) is 14.8. The Bertz CT molecular complexity index is 497. The van der Waals surface area contributed by atoms with Gasteiger partial charge in [0.15, 0.2) is 0 Å². The minimum Gasteiger partial charge on any atom is -0.449 e. The van der Waals surface area contributed by atoms with Crippen molar-refractivity contribution in [2.75, 3.05) is 18.9 Å². The lowest BCUT2D eigenvalue weighted by atomic mass is 9.99. The minimum atomic E-state index is -0.430. The topological polar surface area (TPSA) is 86.5 Å². The van der Waals surface area contributed by atoms with Crippen molar-refractivity contribution in [1.82, 2.24) is 10.3 Å². The van der Waals surface area contributed by atoms with Gasteiger partial charge < -0.3 is 20.5 Å². The van der Waals surface area contributed by atoms with E-state index in [1.165, 1.54) is 0 Å². The molecule has 3 N–H and O–H groups in total. The van der Waals surface area contributed by atoms with E-state index in [4.69, 9.17) is 15.2 Å². The first-order valence-electron chi connectivity index (χ1n) is 6.62. The molecule has 1 unspecified atom stereocenters. The van der Waals surface area contributed by atoms with E-state index in [1.807, 2.05) is 26.8 Å². The minimum absolute atomic E-state index is 0.0509. The van der Waals surface area contributed by atoms with E-state index >= 15 is 0 Å². The molecule has 6 nitrogen and oxygen atoms in total. The number of anilines is 1. The van der Waals surface area contributed by atoms with Crippen LogP contribution < -0.4 is 11.1 Å². The predicted molar refractivity (Wildman–Crippen MR) is 75.3 cm³/mol. The second-order valence-electron chi connectivity index (χ2n) is 6.00. The van der Waals surface area contributed by atoms with Crippen LogP contribution in [0.25, 0.3) is 0 Å². The lowest BCUT2D eigenvalue weighted by Gasteiger charge is -2.25. The van der Waals surface area contributed by atoms with Crippen LogP contribution in [0.5, 0.6) is 0 Å². The number of nitrogens with two attached hydrogens (primary N) is 1. The van der Waals surface area contributed by atoms with Crippen molar-refractivity contribution in [2.24, 2.45) is 0 Å². The molecule has 1 amide bonds. The van der Waals surface area contributed by atoms with Gasteiger partial charge in [0.1, 0.15) is 6.61 Å². The van der Waals surface area contributed by atoms with Gasteiger partial charge in [-0.05, 0) is 26.8 Å². The summed E-state index contributed by atoms with van der Waals surface area (Å²) in [7, 11) is 0. The molecule has 6 heteroatoms. The number of nitrogens with one attached hydrogen (secondary N) is 1. The second-order valence-corrected chi connectivity index (χ2v) is 6.00. The molecule has 2 heterocycles. The molecule has 1 aromatic heterocycles. The number of hydrogen-bond donors (Lipinski definition) is 2. The van der Waals surface area contributed by atoms with E-state index < -0.39 is 6.09 Å². The van der Waals surface area contributed by atoms with Crippen LogP contribution in [-0.2, 0) is 16.1 Å². The van der Waals surface area contributed by atoms with Crippen LogP contribution in [0.3, 0.4) is 0 Å². The first-order chi connectivity index (χ1) is 9.35. The molecule has 0 aliphatic carbocycles. The molecule has 20 heavy (non-hydrogen) atoms. The third-order valence-corrected chi connectivity index (χ3v) is 2.88. The Morgan fingerprint density at radius 1 is 1.60 bits per heavy atom. The smallest absolute Gasteiger partial charge is 0.407 e. The number of rotatable bonds is 2. The molecule has 1 atom stereocenters. The Balaban J connectivity index is 1.97. The third-order valence-electron chi connectivity index (χ3n) is 2.88. The van der Waals surface area contributed by atoms with Crippen LogP contribution in [-0.4, -0.2) is 29.8 Å². The van der Waals surface area contributed by atoms with Gasteiger partial charge in [-0.15, -0.1) is 0 Å². The Morgan fingerprint density at radius 3 is 3.05 bits per heavy atom. The summed E-state index contributed by atoms with van der Waals surface area (Å²) in [4.78, 5) is 16.0. The van der Waals surface area contributed by atoms with Gasteiger partial charge >= 0.3 is 6.09 Å². The summed E-state index contributed by atoms with van der Waals surface area (Å²) in [6.07, 6.45) is 1.19. The molecule has 0 saturated heterocycles. The van der Waals surface area contributed by atoms with Crippen molar-refractivity contribution in [2.45, 2.75) is 38.8 Å². The molecule has 0 saturated carbocycles. The summed E-state index contributed by atoms with van der Waals surface area (Å²) in [6.45, 7) is 6.93. The number of hydrogen-bond acceptors (Lipinski definition) is 5. The van der Waals surface area contributed by atoms with Gasteiger partial charge in [0.2, 0.25) is 0 Å². The van der Waals surface area contributed by atoms with Crippen molar-refractivity contribution in [3.8, 4) is 0 Å². The fourth-order valence-corrected chi connectivity index (χ4v) is 2.06. The predicted octanol–water partition coefficient (Wildman–Crippen LogP) is 1.80. The first-order valence-corrected chi connectivity index (χ1v) is 6.62. The molecule has 0 bridgehead atoms. The number of fused-ring (bicyclic) bond motifs is 1. The summed E-state index contributed by atoms with van der Waals surface area (Å²) in [5.74, 6) is -0.0509. The highest BCUT2D eigenvalue weighted by molar-refractivity contribution is 5.68. The number of aromatic nitrogens is 1. The van der Waals surface area contributed by atoms with E-state index in [9.17, 15) is 4.79 Å². The van der Waals surface area contributed by atoms with Crippen molar-refractivity contribution in [1.29, 1.82) is 0 Å². The molecule has 1 aliphatic rings. The van der Waals surface area contributed by atoms with Gasteiger partial charge in [-0.3, -0.25) is 4.98 Å². The lowest BCUT2D eigenvalue weighted by Crippen LogP contribution is -2.41. The highest BCUT2D eigenvalue weighted by Crippen LogP contribution is 2.26. The zero-order valence-corrected chi connectivity index (χ0v) is 12.1. The maximum atomic E-state index is 11.7. The Kier molecular flexibility index (Phi) is 4.13. The molecule has 2 rings (SSSR count). The number of pyridine rings is 1. The highest BCUT2D eigenvalue weighted by Gasteiger charge is 2.24. The van der Waals surface area contributed by atoms with Crippen molar-refractivity contribution >= 4 is 11.8 Å². The second kappa shape index (κ2) is 5.66. The zero-order valence-electron chi connectivity index (χ0n) is 12.1. The number of amides is 1. The lowest BCUT2D eigenvalue weighted by molar-refractivity contribution is 0.0598. The molecular formula is C14H21N3O3. The SMILES string of the molecule is CC(C)(C)NC(=O)OCC1COCc2cc(N)cnc21. The molecular weight excluding hydrogens is 258 g/mol. The number of ether oxygens (including phenoxy) is 2. The molecule has 110 valence electrons. The van der Waals surface area contributed by atoms with E-state index in [-0.39, 0.29) is 18.1 Å². The maximum Gasteiger partial charge on any atom is 0.407 e. The quantitative estimate of drug-likeness (QED) is 0.862. The van der Waals surface area contributed by atoms with Crippen LogP contribution in [0, 0.1) is 0 Å². The standard InChI is InChI=1S/C14H21N3O3/c1-14(2,3)17-13(18)20-8-10-7-19-6-9-4-11(15)5-16-12(9)10/h4-5,10H,6-8,15H2,1-3H3,(H,17,18). The van der Waals surface area contributed by atoms with E-state index in [0.29, 0.717) is 18.9 Å². The number of carbonyl (C=O) groups excluding carboxylic acids is 1. The van der Waals surface area contributed by atoms with Gasteiger partial charge in [0.05, 0.1) is 36.7 Å². The van der Waals surface area contributed by atoms with Gasteiger partial charge in [-0.2, -0.15) is 0 Å². The van der Waals surface area contributed by atoms with E-state index in [1.54, 1.807) is 6.20 Å². The summed E-state index contributed by atoms with van der Waals surface area (Å²) in [5.41, 5.74) is 7.86. The Hall–Kier alpha value is -1.82. The van der Waals surface area contributed by atoms with Crippen LogP contribution in [0.2, 0.25) is 0 Å². The van der Waals surface area contributed by atoms with Crippen LogP contribution >= 0.6 is 0 Å². The maximum absolute atomic E-state index is 11.7. The average molecular weight is 279 g/mol. The first kappa shape index (κ1) is 14.6. The van der Waals surface area contributed by atoms with E-state index in [2.05, 4.69) is 10.3 Å². The third kappa shape index (κ3) is 3.84. The van der Waals surface area contributed by atoms with E-state index in [0.717, 1.165) is 11.3 Å². The fourth-order valence-electron chi connectivity index (χ4n) is 2.06. The summed E-state index contributed by atoms with van der Waals surface area (Å²) in [6, 6.07) is 1.85. The van der Waals surface area contributed by atoms with Crippen LogP contribution in [0.1, 0.15) is 37.9 Å². The average Bonchev–Trinajstić information content (AvgIpc) is 2.33. The van der Waals surface area contributed by atoms with Crippen molar-refractivity contribution < 1.29 is 14.3 Å². The van der Waals surface area contributed by atoms with Gasteiger partial charge in [-0.25, -0.2) is 4.79 Å². The van der Waals surface area contributed by atoms with Crippen LogP contribution in [0.4, 0.5) is 10.5 Å². The molecule has 1 aromatic rings. The number of nitrogen functional groups attached to an aromatic ring is 1. The Morgan fingerprint density at radius 2 is 2.35 bits per heavy atom. The van der Waals surface area contributed by atoms with Gasteiger partial charge in [0, 0.05) is 11.1 Å². The van der Waals surface area contributed by atoms with Crippen molar-refractivity contribution in [3.63, 3.8) is 0 Å².